The van der Waals surface area contributed by atoms with Crippen LogP contribution in [0.4, 0.5) is 0 Å². The van der Waals surface area contributed by atoms with E-state index in [1.807, 2.05) is 0 Å². The summed E-state index contributed by atoms with van der Waals surface area (Å²) in [4.78, 5) is 13.9. The normalized spacial score (nSPS) is 15.8. The second-order valence-electron chi connectivity index (χ2n) is 3.25. The van der Waals surface area contributed by atoms with Crippen LogP contribution < -0.4 is 0 Å². The molecule has 0 radical (unpaired) electrons. The molecular weight excluding hydrogens is 170 g/mol. The first kappa shape index (κ1) is 8.16. The van der Waals surface area contributed by atoms with Gasteiger partial charge in [-0.05, 0) is 18.8 Å². The average molecular weight is 181 g/mol. The van der Waals surface area contributed by atoms with Crippen LogP contribution in [0.5, 0.6) is 5.75 Å². The van der Waals surface area contributed by atoms with Crippen molar-refractivity contribution in [2.45, 2.75) is 18.8 Å². The van der Waals surface area contributed by atoms with Crippen molar-refractivity contribution in [1.82, 2.24) is 4.98 Å². The predicted molar refractivity (Wildman–Crippen MR) is 45.8 cm³/mol. The highest BCUT2D eigenvalue weighted by Crippen LogP contribution is 2.41. The van der Waals surface area contributed by atoms with Gasteiger partial charge in [-0.1, -0.05) is 0 Å². The molecular formula is C9H11NO3. The maximum absolute atomic E-state index is 11.1. The molecule has 0 bridgehead atoms. The number of aromatic amines is 1. The quantitative estimate of drug-likeness (QED) is 0.677. The van der Waals surface area contributed by atoms with Crippen LogP contribution in [0.1, 0.15) is 34.9 Å². The summed E-state index contributed by atoms with van der Waals surface area (Å²) in [6.45, 7) is 0. The molecule has 1 heterocycles. The summed E-state index contributed by atoms with van der Waals surface area (Å²) < 4.78 is 4.50. The van der Waals surface area contributed by atoms with Crippen LogP contribution in [0.15, 0.2) is 6.07 Å². The van der Waals surface area contributed by atoms with Crippen molar-refractivity contribution < 1.29 is 14.6 Å². The molecule has 1 aliphatic rings. The van der Waals surface area contributed by atoms with Crippen molar-refractivity contribution in [2.75, 3.05) is 7.11 Å². The van der Waals surface area contributed by atoms with E-state index in [4.69, 9.17) is 0 Å². The van der Waals surface area contributed by atoms with Gasteiger partial charge in [0, 0.05) is 11.8 Å². The summed E-state index contributed by atoms with van der Waals surface area (Å²) in [5, 5.41) is 9.38. The van der Waals surface area contributed by atoms with Gasteiger partial charge in [-0.3, -0.25) is 0 Å². The second-order valence-corrected chi connectivity index (χ2v) is 3.25. The van der Waals surface area contributed by atoms with Crippen molar-refractivity contribution >= 4 is 5.97 Å². The SMILES string of the molecule is COC(=O)c1[nH]c(C2CC2)cc1O. The molecule has 0 aromatic carbocycles. The number of hydrogen-bond donors (Lipinski definition) is 2. The zero-order chi connectivity index (χ0) is 9.42. The number of aromatic hydroxyl groups is 1. The number of hydrogen-bond acceptors (Lipinski definition) is 3. The number of carbonyl (C=O) groups excluding carboxylic acids is 1. The summed E-state index contributed by atoms with van der Waals surface area (Å²) >= 11 is 0. The van der Waals surface area contributed by atoms with Crippen molar-refractivity contribution in [3.63, 3.8) is 0 Å². The lowest BCUT2D eigenvalue weighted by Gasteiger charge is -1.95. The van der Waals surface area contributed by atoms with Crippen LogP contribution in [0, 0.1) is 0 Å². The largest absolute Gasteiger partial charge is 0.505 e. The fraction of sp³-hybridized carbons (Fsp3) is 0.444. The molecule has 0 aliphatic heterocycles. The molecule has 70 valence electrons. The first-order valence-corrected chi connectivity index (χ1v) is 4.22. The van der Waals surface area contributed by atoms with E-state index in [0.29, 0.717) is 5.92 Å². The van der Waals surface area contributed by atoms with Gasteiger partial charge in [0.2, 0.25) is 0 Å². The molecule has 2 rings (SSSR count). The van der Waals surface area contributed by atoms with Crippen LogP contribution in [0.3, 0.4) is 0 Å². The van der Waals surface area contributed by atoms with Gasteiger partial charge < -0.3 is 14.8 Å². The number of H-pyrrole nitrogens is 1. The zero-order valence-electron chi connectivity index (χ0n) is 7.33. The van der Waals surface area contributed by atoms with E-state index in [9.17, 15) is 9.90 Å². The number of nitrogens with one attached hydrogen (secondary N) is 1. The molecule has 1 aromatic rings. The van der Waals surface area contributed by atoms with Gasteiger partial charge in [-0.2, -0.15) is 0 Å². The maximum atomic E-state index is 11.1. The summed E-state index contributed by atoms with van der Waals surface area (Å²) in [5.74, 6) is -0.0533. The third-order valence-electron chi connectivity index (χ3n) is 2.22. The lowest BCUT2D eigenvalue weighted by atomic mass is 10.3. The predicted octanol–water partition coefficient (Wildman–Crippen LogP) is 1.38. The molecule has 1 fully saturated rings. The Morgan fingerprint density at radius 2 is 2.38 bits per heavy atom. The van der Waals surface area contributed by atoms with Gasteiger partial charge >= 0.3 is 5.97 Å². The van der Waals surface area contributed by atoms with E-state index in [1.165, 1.54) is 7.11 Å². The lowest BCUT2D eigenvalue weighted by Crippen LogP contribution is -2.01. The number of esters is 1. The molecule has 1 saturated carbocycles. The summed E-state index contributed by atoms with van der Waals surface area (Å²) in [6.07, 6.45) is 2.25. The Morgan fingerprint density at radius 1 is 1.69 bits per heavy atom. The maximum Gasteiger partial charge on any atom is 0.358 e. The Balaban J connectivity index is 2.29. The smallest absolute Gasteiger partial charge is 0.358 e. The van der Waals surface area contributed by atoms with E-state index < -0.39 is 5.97 Å². The minimum absolute atomic E-state index is 0.0197. The zero-order valence-corrected chi connectivity index (χ0v) is 7.33. The van der Waals surface area contributed by atoms with Gasteiger partial charge in [-0.25, -0.2) is 4.79 Å². The van der Waals surface area contributed by atoms with Crippen molar-refractivity contribution in [2.24, 2.45) is 0 Å². The third-order valence-corrected chi connectivity index (χ3v) is 2.22. The second kappa shape index (κ2) is 2.80. The first-order valence-electron chi connectivity index (χ1n) is 4.22. The Kier molecular flexibility index (Phi) is 1.76. The molecule has 2 N–H and O–H groups in total. The van der Waals surface area contributed by atoms with Crippen molar-refractivity contribution in [3.05, 3.63) is 17.5 Å². The van der Waals surface area contributed by atoms with Crippen molar-refractivity contribution in [1.29, 1.82) is 0 Å². The standard InChI is InChI=1S/C9H11NO3/c1-13-9(12)8-7(11)4-6(10-8)5-2-3-5/h4-5,10-11H,2-3H2,1H3. The molecule has 0 spiro atoms. The molecule has 4 heteroatoms. The van der Waals surface area contributed by atoms with Crippen LogP contribution in [-0.4, -0.2) is 23.2 Å². The van der Waals surface area contributed by atoms with Crippen LogP contribution in [0.2, 0.25) is 0 Å². The average Bonchev–Trinajstić information content (AvgIpc) is 2.89. The van der Waals surface area contributed by atoms with E-state index in [0.717, 1.165) is 18.5 Å². The van der Waals surface area contributed by atoms with Crippen LogP contribution >= 0.6 is 0 Å². The first-order chi connectivity index (χ1) is 6.22. The minimum Gasteiger partial charge on any atom is -0.505 e. The molecule has 0 atom stereocenters. The fourth-order valence-electron chi connectivity index (χ4n) is 1.34. The number of rotatable bonds is 2. The van der Waals surface area contributed by atoms with E-state index in [-0.39, 0.29) is 11.4 Å². The monoisotopic (exact) mass is 181 g/mol. The topological polar surface area (TPSA) is 62.3 Å². The third kappa shape index (κ3) is 1.39. The van der Waals surface area contributed by atoms with Gasteiger partial charge in [-0.15, -0.1) is 0 Å². The fourth-order valence-corrected chi connectivity index (χ4v) is 1.34. The van der Waals surface area contributed by atoms with E-state index >= 15 is 0 Å². The van der Waals surface area contributed by atoms with Gasteiger partial charge in [0.05, 0.1) is 7.11 Å². The van der Waals surface area contributed by atoms with Gasteiger partial charge in [0.25, 0.3) is 0 Å². The highest BCUT2D eigenvalue weighted by Gasteiger charge is 2.27. The molecule has 1 aromatic heterocycles. The molecule has 4 nitrogen and oxygen atoms in total. The van der Waals surface area contributed by atoms with Crippen LogP contribution in [-0.2, 0) is 4.74 Å². The molecule has 0 unspecified atom stereocenters. The number of carbonyl (C=O) groups is 1. The number of methoxy groups -OCH3 is 1. The Bertz CT molecular complexity index is 339. The molecule has 0 amide bonds. The number of ether oxygens (including phenoxy) is 1. The molecule has 0 saturated heterocycles. The summed E-state index contributed by atoms with van der Waals surface area (Å²) in [7, 11) is 1.29. The van der Waals surface area contributed by atoms with Crippen LogP contribution in [0.25, 0.3) is 0 Å². The van der Waals surface area contributed by atoms with E-state index in [1.54, 1.807) is 6.07 Å². The number of aromatic nitrogens is 1. The Morgan fingerprint density at radius 3 is 2.92 bits per heavy atom. The van der Waals surface area contributed by atoms with Gasteiger partial charge in [0.1, 0.15) is 5.75 Å². The summed E-state index contributed by atoms with van der Waals surface area (Å²) in [5.41, 5.74) is 1.09. The van der Waals surface area contributed by atoms with Gasteiger partial charge in [0.15, 0.2) is 5.69 Å². The Hall–Kier alpha value is -1.45. The van der Waals surface area contributed by atoms with Crippen molar-refractivity contribution in [3.8, 4) is 5.75 Å². The Labute approximate surface area is 75.5 Å². The minimum atomic E-state index is -0.524. The van der Waals surface area contributed by atoms with E-state index in [2.05, 4.69) is 9.72 Å². The summed E-state index contributed by atoms with van der Waals surface area (Å²) in [6, 6.07) is 1.60. The highest BCUT2D eigenvalue weighted by atomic mass is 16.5. The highest BCUT2D eigenvalue weighted by molar-refractivity contribution is 5.90. The lowest BCUT2D eigenvalue weighted by molar-refractivity contribution is 0.0591. The molecule has 1 aliphatic carbocycles. The molecule has 13 heavy (non-hydrogen) atoms.